The van der Waals surface area contributed by atoms with Gasteiger partial charge in [0.15, 0.2) is 0 Å². The van der Waals surface area contributed by atoms with E-state index in [9.17, 15) is 10.1 Å². The summed E-state index contributed by atoms with van der Waals surface area (Å²) in [5.41, 5.74) is 8.27. The van der Waals surface area contributed by atoms with E-state index in [-0.39, 0.29) is 17.3 Å². The molecule has 0 aliphatic rings. The van der Waals surface area contributed by atoms with Gasteiger partial charge in [-0.15, -0.1) is 0 Å². The summed E-state index contributed by atoms with van der Waals surface area (Å²) in [6.07, 6.45) is 0.813. The zero-order chi connectivity index (χ0) is 14.2. The van der Waals surface area contributed by atoms with Crippen molar-refractivity contribution in [3.63, 3.8) is 0 Å². The van der Waals surface area contributed by atoms with Crippen LogP contribution in [-0.4, -0.2) is 19.7 Å². The van der Waals surface area contributed by atoms with Crippen molar-refractivity contribution in [2.24, 2.45) is 0 Å². The number of nitrogen functional groups attached to an aromatic ring is 1. The molecule has 2 heterocycles. The minimum absolute atomic E-state index is 0.109. The molecule has 7 nitrogen and oxygen atoms in total. The van der Waals surface area contributed by atoms with Gasteiger partial charge in [0.1, 0.15) is 5.82 Å². The van der Waals surface area contributed by atoms with Gasteiger partial charge in [0.25, 0.3) is 0 Å². The third-order valence-electron chi connectivity index (χ3n) is 3.07. The highest BCUT2D eigenvalue weighted by Crippen LogP contribution is 2.25. The fourth-order valence-electron chi connectivity index (χ4n) is 2.15. The molecule has 0 bridgehead atoms. The van der Waals surface area contributed by atoms with Gasteiger partial charge in [-0.3, -0.25) is 10.1 Å². The quantitative estimate of drug-likeness (QED) is 0.672. The van der Waals surface area contributed by atoms with Crippen LogP contribution in [0.25, 0.3) is 5.82 Å². The standard InChI is InChI=1S/C12H15N5O2/c1-4-9-7(2)15-16(8(9)3)12-10(17(18)19)5-6-11(13)14-12/h5-6H,4H2,1-3H3,(H2,13,14). The van der Waals surface area contributed by atoms with Crippen LogP contribution in [0.15, 0.2) is 12.1 Å². The zero-order valence-corrected chi connectivity index (χ0v) is 11.0. The Hall–Kier alpha value is -2.44. The highest BCUT2D eigenvalue weighted by atomic mass is 16.6. The van der Waals surface area contributed by atoms with Gasteiger partial charge in [0, 0.05) is 11.8 Å². The van der Waals surface area contributed by atoms with Gasteiger partial charge in [-0.1, -0.05) is 6.92 Å². The lowest BCUT2D eigenvalue weighted by molar-refractivity contribution is -0.384. The molecule has 2 aromatic rings. The number of pyridine rings is 1. The van der Waals surface area contributed by atoms with E-state index in [1.165, 1.54) is 16.8 Å². The van der Waals surface area contributed by atoms with Crippen molar-refractivity contribution in [2.75, 3.05) is 5.73 Å². The van der Waals surface area contributed by atoms with Crippen LogP contribution in [0.4, 0.5) is 11.5 Å². The second kappa shape index (κ2) is 4.68. The normalized spacial score (nSPS) is 10.7. The molecule has 0 saturated carbocycles. The molecule has 2 N–H and O–H groups in total. The fraction of sp³-hybridized carbons (Fsp3) is 0.333. The van der Waals surface area contributed by atoms with Crippen LogP contribution in [0.5, 0.6) is 0 Å². The lowest BCUT2D eigenvalue weighted by atomic mass is 10.1. The Kier molecular flexibility index (Phi) is 3.20. The SMILES string of the molecule is CCc1c(C)nn(-c2nc(N)ccc2[N+](=O)[O-])c1C. The van der Waals surface area contributed by atoms with Crippen molar-refractivity contribution in [1.29, 1.82) is 0 Å². The Bertz CT molecular complexity index is 648. The van der Waals surface area contributed by atoms with Crippen LogP contribution in [0.3, 0.4) is 0 Å². The van der Waals surface area contributed by atoms with Gasteiger partial charge < -0.3 is 5.73 Å². The summed E-state index contributed by atoms with van der Waals surface area (Å²) < 4.78 is 1.49. The molecule has 100 valence electrons. The summed E-state index contributed by atoms with van der Waals surface area (Å²) in [6, 6.07) is 2.76. The maximum absolute atomic E-state index is 11.1. The average molecular weight is 261 g/mol. The Labute approximate surface area is 110 Å². The van der Waals surface area contributed by atoms with Crippen LogP contribution in [0.1, 0.15) is 23.9 Å². The van der Waals surface area contributed by atoms with Crippen molar-refractivity contribution in [3.05, 3.63) is 39.2 Å². The predicted molar refractivity (Wildman–Crippen MR) is 71.3 cm³/mol. The van der Waals surface area contributed by atoms with Crippen LogP contribution >= 0.6 is 0 Å². The molecule has 19 heavy (non-hydrogen) atoms. The third-order valence-corrected chi connectivity index (χ3v) is 3.07. The molecule has 0 aliphatic heterocycles. The molecule has 0 aliphatic carbocycles. The van der Waals surface area contributed by atoms with Crippen molar-refractivity contribution < 1.29 is 4.92 Å². The lowest BCUT2D eigenvalue weighted by Gasteiger charge is -2.05. The van der Waals surface area contributed by atoms with E-state index in [0.717, 1.165) is 23.4 Å². The van der Waals surface area contributed by atoms with Gasteiger partial charge in [0.05, 0.1) is 10.6 Å². The first-order valence-corrected chi connectivity index (χ1v) is 5.92. The summed E-state index contributed by atoms with van der Waals surface area (Å²) >= 11 is 0. The second-order valence-electron chi connectivity index (χ2n) is 4.25. The minimum Gasteiger partial charge on any atom is -0.384 e. The van der Waals surface area contributed by atoms with Crippen molar-refractivity contribution in [3.8, 4) is 5.82 Å². The number of nitrogens with two attached hydrogens (primary N) is 1. The van der Waals surface area contributed by atoms with Crippen molar-refractivity contribution in [1.82, 2.24) is 14.8 Å². The number of rotatable bonds is 3. The largest absolute Gasteiger partial charge is 0.384 e. The predicted octanol–water partition coefficient (Wildman–Crippen LogP) is 1.94. The molecular formula is C12H15N5O2. The molecule has 0 unspecified atom stereocenters. The number of hydrogen-bond donors (Lipinski definition) is 1. The van der Waals surface area contributed by atoms with Gasteiger partial charge in [0.2, 0.25) is 5.82 Å². The molecule has 2 aromatic heterocycles. The summed E-state index contributed by atoms with van der Waals surface area (Å²) in [5.74, 6) is 0.386. The summed E-state index contributed by atoms with van der Waals surface area (Å²) in [5, 5.41) is 15.4. The molecule has 0 amide bonds. The molecule has 0 aromatic carbocycles. The fourth-order valence-corrected chi connectivity index (χ4v) is 2.15. The number of anilines is 1. The second-order valence-corrected chi connectivity index (χ2v) is 4.25. The molecule has 0 atom stereocenters. The first kappa shape index (κ1) is 13.0. The van der Waals surface area contributed by atoms with E-state index < -0.39 is 4.92 Å². The highest BCUT2D eigenvalue weighted by molar-refractivity contribution is 5.52. The Balaban J connectivity index is 2.71. The van der Waals surface area contributed by atoms with E-state index >= 15 is 0 Å². The molecule has 7 heteroatoms. The number of aromatic nitrogens is 3. The van der Waals surface area contributed by atoms with Gasteiger partial charge in [-0.25, -0.2) is 9.67 Å². The van der Waals surface area contributed by atoms with Crippen molar-refractivity contribution in [2.45, 2.75) is 27.2 Å². The molecule has 2 rings (SSSR count). The summed E-state index contributed by atoms with van der Waals surface area (Å²) in [7, 11) is 0. The molecule has 0 fully saturated rings. The van der Waals surface area contributed by atoms with Crippen molar-refractivity contribution >= 4 is 11.5 Å². The van der Waals surface area contributed by atoms with Crippen LogP contribution in [-0.2, 0) is 6.42 Å². The smallest absolute Gasteiger partial charge is 0.313 e. The molecule has 0 spiro atoms. The molecule has 0 saturated heterocycles. The maximum atomic E-state index is 11.1. The number of aryl methyl sites for hydroxylation is 1. The van der Waals surface area contributed by atoms with Crippen LogP contribution in [0, 0.1) is 24.0 Å². The Morgan fingerprint density at radius 1 is 1.42 bits per heavy atom. The van der Waals surface area contributed by atoms with Gasteiger partial charge in [-0.2, -0.15) is 5.10 Å². The first-order valence-electron chi connectivity index (χ1n) is 5.92. The highest BCUT2D eigenvalue weighted by Gasteiger charge is 2.21. The van der Waals surface area contributed by atoms with E-state index in [0.29, 0.717) is 0 Å². The van der Waals surface area contributed by atoms with Crippen LogP contribution in [0.2, 0.25) is 0 Å². The molecule has 0 radical (unpaired) electrons. The number of nitrogens with zero attached hydrogens (tertiary/aromatic N) is 4. The van der Waals surface area contributed by atoms with E-state index in [4.69, 9.17) is 5.73 Å². The Morgan fingerprint density at radius 2 is 2.11 bits per heavy atom. The minimum atomic E-state index is -0.482. The monoisotopic (exact) mass is 261 g/mol. The number of nitro groups is 1. The first-order chi connectivity index (χ1) is 8.95. The lowest BCUT2D eigenvalue weighted by Crippen LogP contribution is -2.08. The van der Waals surface area contributed by atoms with Crippen LogP contribution < -0.4 is 5.73 Å². The third kappa shape index (κ3) is 2.14. The zero-order valence-electron chi connectivity index (χ0n) is 11.0. The summed E-state index contributed by atoms with van der Waals surface area (Å²) in [4.78, 5) is 14.6. The molecular weight excluding hydrogens is 246 g/mol. The van der Waals surface area contributed by atoms with Gasteiger partial charge in [-0.05, 0) is 31.9 Å². The average Bonchev–Trinajstić information content (AvgIpc) is 2.63. The van der Waals surface area contributed by atoms with E-state index in [2.05, 4.69) is 10.1 Å². The maximum Gasteiger partial charge on any atom is 0.313 e. The Morgan fingerprint density at radius 3 is 2.63 bits per heavy atom. The van der Waals surface area contributed by atoms with E-state index in [1.807, 2.05) is 20.8 Å². The van der Waals surface area contributed by atoms with Gasteiger partial charge >= 0.3 is 5.69 Å². The topological polar surface area (TPSA) is 99.9 Å². The number of hydrogen-bond acceptors (Lipinski definition) is 5. The van der Waals surface area contributed by atoms with E-state index in [1.54, 1.807) is 0 Å². The summed E-state index contributed by atoms with van der Waals surface area (Å²) in [6.45, 7) is 5.76.